The van der Waals surface area contributed by atoms with E-state index in [1.165, 1.54) is 34.7 Å². The smallest absolute Gasteiger partial charge is 0.277 e. The molecule has 27 heavy (non-hydrogen) atoms. The van der Waals surface area contributed by atoms with Crippen LogP contribution in [0.15, 0.2) is 41.5 Å². The fourth-order valence-corrected chi connectivity index (χ4v) is 2.27. The summed E-state index contributed by atoms with van der Waals surface area (Å²) in [6, 6.07) is 10.5. The minimum atomic E-state index is -0.412. The summed E-state index contributed by atoms with van der Waals surface area (Å²) < 4.78 is 26.4. The first kappa shape index (κ1) is 19.9. The number of methoxy groups -OCH3 is 4. The summed E-state index contributed by atoms with van der Waals surface area (Å²) in [7, 11) is 6.10. The Labute approximate surface area is 157 Å². The Kier molecular flexibility index (Phi) is 7.30. The molecule has 8 heteroatoms. The van der Waals surface area contributed by atoms with Crippen molar-refractivity contribution in [1.29, 1.82) is 0 Å². The maximum absolute atomic E-state index is 11.9. The normalized spacial score (nSPS) is 10.4. The number of nitrogens with one attached hydrogen (secondary N) is 1. The van der Waals surface area contributed by atoms with Crippen molar-refractivity contribution in [2.75, 3.05) is 35.0 Å². The van der Waals surface area contributed by atoms with Gasteiger partial charge < -0.3 is 23.7 Å². The molecular formula is C19H22N2O6. The number of amides is 1. The molecule has 1 N–H and O–H groups in total. The van der Waals surface area contributed by atoms with Gasteiger partial charge in [0.1, 0.15) is 0 Å². The second-order valence-electron chi connectivity index (χ2n) is 5.19. The molecule has 0 aliphatic rings. The molecule has 0 aliphatic carbocycles. The Morgan fingerprint density at radius 1 is 0.926 bits per heavy atom. The summed E-state index contributed by atoms with van der Waals surface area (Å²) in [6.07, 6.45) is 1.46. The van der Waals surface area contributed by atoms with E-state index >= 15 is 0 Å². The molecule has 0 saturated heterocycles. The third kappa shape index (κ3) is 5.27. The number of hydrazone groups is 1. The highest BCUT2D eigenvalue weighted by molar-refractivity contribution is 5.84. The summed E-state index contributed by atoms with van der Waals surface area (Å²) in [6.45, 7) is -0.201. The van der Waals surface area contributed by atoms with E-state index in [0.717, 1.165) is 0 Å². The molecule has 0 spiro atoms. The van der Waals surface area contributed by atoms with Crippen molar-refractivity contribution < 1.29 is 28.5 Å². The number of benzene rings is 2. The van der Waals surface area contributed by atoms with Gasteiger partial charge in [0.25, 0.3) is 5.91 Å². The Hall–Kier alpha value is -3.42. The highest BCUT2D eigenvalue weighted by Gasteiger charge is 2.12. The zero-order valence-corrected chi connectivity index (χ0v) is 15.6. The second-order valence-corrected chi connectivity index (χ2v) is 5.19. The summed E-state index contributed by atoms with van der Waals surface area (Å²) >= 11 is 0. The molecule has 1 amide bonds. The van der Waals surface area contributed by atoms with Crippen molar-refractivity contribution >= 4 is 12.1 Å². The van der Waals surface area contributed by atoms with E-state index < -0.39 is 5.91 Å². The number of hydrogen-bond donors (Lipinski definition) is 1. The van der Waals surface area contributed by atoms with Gasteiger partial charge in [-0.1, -0.05) is 12.1 Å². The molecule has 2 aromatic carbocycles. The third-order valence-electron chi connectivity index (χ3n) is 3.52. The van der Waals surface area contributed by atoms with Crippen LogP contribution < -0.4 is 29.1 Å². The van der Waals surface area contributed by atoms with Crippen LogP contribution in [0.4, 0.5) is 0 Å². The van der Waals surface area contributed by atoms with E-state index in [1.807, 2.05) is 6.07 Å². The van der Waals surface area contributed by atoms with Crippen molar-refractivity contribution in [1.82, 2.24) is 5.43 Å². The van der Waals surface area contributed by atoms with Gasteiger partial charge in [-0.25, -0.2) is 5.43 Å². The largest absolute Gasteiger partial charge is 0.493 e. The van der Waals surface area contributed by atoms with Gasteiger partial charge in [-0.05, 0) is 24.3 Å². The molecule has 0 heterocycles. The van der Waals surface area contributed by atoms with E-state index in [0.29, 0.717) is 34.3 Å². The van der Waals surface area contributed by atoms with Crippen LogP contribution in [0, 0.1) is 0 Å². The minimum absolute atomic E-state index is 0.201. The maximum atomic E-state index is 11.9. The predicted molar refractivity (Wildman–Crippen MR) is 100 cm³/mol. The second kappa shape index (κ2) is 9.91. The molecule has 144 valence electrons. The van der Waals surface area contributed by atoms with E-state index in [4.69, 9.17) is 23.7 Å². The molecule has 8 nitrogen and oxygen atoms in total. The predicted octanol–water partition coefficient (Wildman–Crippen LogP) is 2.25. The van der Waals surface area contributed by atoms with Crippen LogP contribution in [-0.4, -0.2) is 47.2 Å². The van der Waals surface area contributed by atoms with E-state index in [1.54, 1.807) is 30.3 Å². The number of carbonyl (C=O) groups is 1. The van der Waals surface area contributed by atoms with Gasteiger partial charge in [0.05, 0.1) is 34.7 Å². The molecule has 0 saturated carbocycles. The zero-order valence-electron chi connectivity index (χ0n) is 15.6. The highest BCUT2D eigenvalue weighted by Crippen LogP contribution is 2.37. The van der Waals surface area contributed by atoms with E-state index in [-0.39, 0.29) is 6.61 Å². The topological polar surface area (TPSA) is 87.6 Å². The van der Waals surface area contributed by atoms with Crippen molar-refractivity contribution in [3.63, 3.8) is 0 Å². The Balaban J connectivity index is 1.97. The molecule has 2 rings (SSSR count). The number of nitrogens with zero attached hydrogens (tertiary/aromatic N) is 1. The lowest BCUT2D eigenvalue weighted by molar-refractivity contribution is -0.123. The fraction of sp³-hybridized carbons (Fsp3) is 0.263. The first-order valence-electron chi connectivity index (χ1n) is 8.00. The molecule has 0 bridgehead atoms. The number of rotatable bonds is 9. The van der Waals surface area contributed by atoms with Crippen LogP contribution in [-0.2, 0) is 4.79 Å². The third-order valence-corrected chi connectivity index (χ3v) is 3.52. The lowest BCUT2D eigenvalue weighted by atomic mass is 10.2. The van der Waals surface area contributed by atoms with Crippen molar-refractivity contribution in [3.8, 4) is 28.7 Å². The van der Waals surface area contributed by atoms with Crippen LogP contribution >= 0.6 is 0 Å². The molecule has 0 atom stereocenters. The minimum Gasteiger partial charge on any atom is -0.493 e. The van der Waals surface area contributed by atoms with Gasteiger partial charge in [0, 0.05) is 5.56 Å². The number of carbonyl (C=O) groups excluding carboxylic acids is 1. The van der Waals surface area contributed by atoms with Gasteiger partial charge in [0.2, 0.25) is 5.75 Å². The van der Waals surface area contributed by atoms with Gasteiger partial charge >= 0.3 is 0 Å². The van der Waals surface area contributed by atoms with Gasteiger partial charge in [-0.15, -0.1) is 0 Å². The first-order chi connectivity index (χ1) is 13.1. The Morgan fingerprint density at radius 3 is 2.07 bits per heavy atom. The Morgan fingerprint density at radius 2 is 1.52 bits per heavy atom. The van der Waals surface area contributed by atoms with E-state index in [2.05, 4.69) is 10.5 Å². The number of hydrogen-bond acceptors (Lipinski definition) is 7. The summed E-state index contributed by atoms with van der Waals surface area (Å²) in [5.41, 5.74) is 3.06. The molecule has 0 aromatic heterocycles. The number of para-hydroxylation sites is 2. The molecule has 0 aliphatic heterocycles. The maximum Gasteiger partial charge on any atom is 0.277 e. The van der Waals surface area contributed by atoms with Crippen molar-refractivity contribution in [3.05, 3.63) is 42.0 Å². The van der Waals surface area contributed by atoms with Crippen LogP contribution in [0.1, 0.15) is 5.56 Å². The summed E-state index contributed by atoms with van der Waals surface area (Å²) in [5, 5.41) is 3.91. The molecule has 0 radical (unpaired) electrons. The van der Waals surface area contributed by atoms with E-state index in [9.17, 15) is 4.79 Å². The van der Waals surface area contributed by atoms with Gasteiger partial charge in [-0.2, -0.15) is 5.10 Å². The zero-order chi connectivity index (χ0) is 19.6. The van der Waals surface area contributed by atoms with Gasteiger partial charge in [-0.3, -0.25) is 4.79 Å². The fourth-order valence-electron chi connectivity index (χ4n) is 2.27. The lowest BCUT2D eigenvalue weighted by Crippen LogP contribution is -2.24. The quantitative estimate of drug-likeness (QED) is 0.535. The van der Waals surface area contributed by atoms with Crippen LogP contribution in [0.2, 0.25) is 0 Å². The molecule has 2 aromatic rings. The highest BCUT2D eigenvalue weighted by atomic mass is 16.5. The van der Waals surface area contributed by atoms with Crippen molar-refractivity contribution in [2.24, 2.45) is 5.10 Å². The lowest BCUT2D eigenvalue weighted by Gasteiger charge is -2.12. The first-order valence-corrected chi connectivity index (χ1v) is 8.00. The summed E-state index contributed by atoms with van der Waals surface area (Å²) in [5.74, 6) is 2.07. The monoisotopic (exact) mass is 374 g/mol. The number of ether oxygens (including phenoxy) is 5. The molecule has 0 fully saturated rings. The van der Waals surface area contributed by atoms with Crippen LogP contribution in [0.3, 0.4) is 0 Å². The summed E-state index contributed by atoms with van der Waals surface area (Å²) in [4.78, 5) is 11.9. The standard InChI is InChI=1S/C19H22N2O6/c1-23-14-7-5-6-8-15(14)27-12-18(22)21-20-11-13-9-16(24-2)19(26-4)17(10-13)25-3/h5-11H,12H2,1-4H3,(H,21,22)/b20-11-. The van der Waals surface area contributed by atoms with Crippen LogP contribution in [0.5, 0.6) is 28.7 Å². The van der Waals surface area contributed by atoms with Gasteiger partial charge in [0.15, 0.2) is 29.6 Å². The van der Waals surface area contributed by atoms with Crippen LogP contribution in [0.25, 0.3) is 0 Å². The average Bonchev–Trinajstić information content (AvgIpc) is 2.71. The Bertz CT molecular complexity index is 782. The molecular weight excluding hydrogens is 352 g/mol. The van der Waals surface area contributed by atoms with Crippen molar-refractivity contribution in [2.45, 2.75) is 0 Å². The average molecular weight is 374 g/mol. The molecule has 0 unspecified atom stereocenters. The SMILES string of the molecule is COc1ccccc1OCC(=O)N/N=C\c1cc(OC)c(OC)c(OC)c1.